The molecule has 0 amide bonds. The standard InChI is InChI=1S/C12H25NO3.C2H6/c1-13(2,10-7-11-16-3)9-6-4-5-8-12(14)15;1-2/h4-11H2,1-3H3;1-2H3/p+1. The van der Waals surface area contributed by atoms with Crippen LogP contribution in [0.3, 0.4) is 0 Å². The van der Waals surface area contributed by atoms with E-state index in [2.05, 4.69) is 14.1 Å². The van der Waals surface area contributed by atoms with Gasteiger partial charge in [0.1, 0.15) is 0 Å². The Balaban J connectivity index is 0. The second-order valence-electron chi connectivity index (χ2n) is 4.93. The zero-order valence-electron chi connectivity index (χ0n) is 12.9. The average molecular weight is 262 g/mol. The van der Waals surface area contributed by atoms with Gasteiger partial charge in [-0.25, -0.2) is 0 Å². The molecule has 18 heavy (non-hydrogen) atoms. The van der Waals surface area contributed by atoms with E-state index in [-0.39, 0.29) is 0 Å². The van der Waals surface area contributed by atoms with Gasteiger partial charge in [0, 0.05) is 20.0 Å². The van der Waals surface area contributed by atoms with Crippen molar-refractivity contribution in [2.24, 2.45) is 0 Å². The number of carboxylic acid groups (broad SMARTS) is 1. The molecule has 4 heteroatoms. The topological polar surface area (TPSA) is 46.5 Å². The maximum atomic E-state index is 10.3. The maximum Gasteiger partial charge on any atom is 0.303 e. The summed E-state index contributed by atoms with van der Waals surface area (Å²) in [6, 6.07) is 0. The molecule has 0 aromatic carbocycles. The average Bonchev–Trinajstić information content (AvgIpc) is 2.31. The molecule has 0 spiro atoms. The van der Waals surface area contributed by atoms with Crippen molar-refractivity contribution in [3.05, 3.63) is 0 Å². The molecular weight excluding hydrogens is 230 g/mol. The summed E-state index contributed by atoms with van der Waals surface area (Å²) in [5.74, 6) is -0.686. The minimum Gasteiger partial charge on any atom is -0.481 e. The zero-order chi connectivity index (χ0) is 14.4. The molecular formula is C14H32NO3+. The van der Waals surface area contributed by atoms with Crippen molar-refractivity contribution >= 4 is 5.97 Å². The van der Waals surface area contributed by atoms with Gasteiger partial charge < -0.3 is 14.3 Å². The van der Waals surface area contributed by atoms with Crippen molar-refractivity contribution in [3.63, 3.8) is 0 Å². The monoisotopic (exact) mass is 262 g/mol. The van der Waals surface area contributed by atoms with Gasteiger partial charge in [-0.3, -0.25) is 4.79 Å². The van der Waals surface area contributed by atoms with Crippen LogP contribution in [-0.4, -0.2) is 56.5 Å². The minimum atomic E-state index is -0.686. The number of ether oxygens (including phenoxy) is 1. The highest BCUT2D eigenvalue weighted by Gasteiger charge is 2.13. The van der Waals surface area contributed by atoms with E-state index >= 15 is 0 Å². The van der Waals surface area contributed by atoms with Crippen LogP contribution in [-0.2, 0) is 9.53 Å². The number of aliphatic carboxylic acids is 1. The second kappa shape index (κ2) is 12.8. The van der Waals surface area contributed by atoms with Crippen LogP contribution in [0.2, 0.25) is 0 Å². The summed E-state index contributed by atoms with van der Waals surface area (Å²) in [6.07, 6.45) is 4.30. The van der Waals surface area contributed by atoms with Crippen molar-refractivity contribution in [2.75, 3.05) is 40.9 Å². The number of methoxy groups -OCH3 is 1. The number of nitrogens with zero attached hydrogens (tertiary/aromatic N) is 1. The molecule has 0 rings (SSSR count). The summed E-state index contributed by atoms with van der Waals surface area (Å²) in [7, 11) is 6.16. The lowest BCUT2D eigenvalue weighted by molar-refractivity contribution is -0.890. The molecule has 0 aromatic rings. The smallest absolute Gasteiger partial charge is 0.303 e. The molecule has 0 heterocycles. The number of carbonyl (C=O) groups is 1. The Bertz CT molecular complexity index is 193. The van der Waals surface area contributed by atoms with Crippen LogP contribution in [0.1, 0.15) is 46.0 Å². The SMILES string of the molecule is CC.COCCC[N+](C)(C)CCCCCC(=O)O. The lowest BCUT2D eigenvalue weighted by Crippen LogP contribution is -2.41. The number of hydrogen-bond donors (Lipinski definition) is 1. The highest BCUT2D eigenvalue weighted by Crippen LogP contribution is 2.06. The van der Waals surface area contributed by atoms with Gasteiger partial charge in [0.25, 0.3) is 0 Å². The van der Waals surface area contributed by atoms with Gasteiger partial charge >= 0.3 is 5.97 Å². The van der Waals surface area contributed by atoms with E-state index in [1.165, 1.54) is 0 Å². The first-order valence-electron chi connectivity index (χ1n) is 7.01. The van der Waals surface area contributed by atoms with E-state index in [9.17, 15) is 4.79 Å². The summed E-state index contributed by atoms with van der Waals surface area (Å²) in [5.41, 5.74) is 0. The molecule has 0 saturated heterocycles. The Hall–Kier alpha value is -0.610. The van der Waals surface area contributed by atoms with Crippen molar-refractivity contribution in [2.45, 2.75) is 46.0 Å². The zero-order valence-corrected chi connectivity index (χ0v) is 12.9. The first-order valence-corrected chi connectivity index (χ1v) is 7.01. The molecule has 0 aliphatic heterocycles. The summed E-state index contributed by atoms with van der Waals surface area (Å²) in [6.45, 7) is 7.05. The molecule has 0 bridgehead atoms. The summed E-state index contributed by atoms with van der Waals surface area (Å²) >= 11 is 0. The predicted molar refractivity (Wildman–Crippen MR) is 75.8 cm³/mol. The number of quaternary nitrogens is 1. The number of unbranched alkanes of at least 4 members (excludes halogenated alkanes) is 2. The van der Waals surface area contributed by atoms with Crippen LogP contribution in [0.15, 0.2) is 0 Å². The third-order valence-electron chi connectivity index (χ3n) is 2.77. The summed E-state index contributed by atoms with van der Waals surface area (Å²) in [4.78, 5) is 10.3. The van der Waals surface area contributed by atoms with Gasteiger partial charge in [-0.2, -0.15) is 0 Å². The van der Waals surface area contributed by atoms with Crippen LogP contribution in [0.4, 0.5) is 0 Å². The van der Waals surface area contributed by atoms with Gasteiger partial charge in [0.05, 0.1) is 33.8 Å². The lowest BCUT2D eigenvalue weighted by atomic mass is 10.2. The van der Waals surface area contributed by atoms with E-state index in [4.69, 9.17) is 9.84 Å². The van der Waals surface area contributed by atoms with E-state index < -0.39 is 5.97 Å². The van der Waals surface area contributed by atoms with Crippen LogP contribution in [0.5, 0.6) is 0 Å². The van der Waals surface area contributed by atoms with E-state index in [0.29, 0.717) is 6.42 Å². The van der Waals surface area contributed by atoms with Crippen molar-refractivity contribution in [1.29, 1.82) is 0 Å². The highest BCUT2D eigenvalue weighted by atomic mass is 16.5. The van der Waals surface area contributed by atoms with Crippen LogP contribution in [0, 0.1) is 0 Å². The molecule has 0 saturated carbocycles. The molecule has 0 unspecified atom stereocenters. The van der Waals surface area contributed by atoms with Gasteiger partial charge in [0.15, 0.2) is 0 Å². The minimum absolute atomic E-state index is 0.303. The van der Waals surface area contributed by atoms with Gasteiger partial charge in [-0.15, -0.1) is 0 Å². The largest absolute Gasteiger partial charge is 0.481 e. The van der Waals surface area contributed by atoms with E-state index in [1.54, 1.807) is 7.11 Å². The first kappa shape index (κ1) is 19.7. The van der Waals surface area contributed by atoms with E-state index in [1.807, 2.05) is 13.8 Å². The van der Waals surface area contributed by atoms with Crippen molar-refractivity contribution in [3.8, 4) is 0 Å². The Labute approximate surface area is 113 Å². The molecule has 0 aliphatic rings. The summed E-state index contributed by atoms with van der Waals surface area (Å²) in [5, 5.41) is 8.50. The molecule has 0 radical (unpaired) electrons. The van der Waals surface area contributed by atoms with Crippen LogP contribution < -0.4 is 0 Å². The quantitative estimate of drug-likeness (QED) is 0.486. The molecule has 0 aliphatic carbocycles. The molecule has 0 atom stereocenters. The van der Waals surface area contributed by atoms with Crippen LogP contribution >= 0.6 is 0 Å². The molecule has 0 aromatic heterocycles. The third kappa shape index (κ3) is 15.4. The fourth-order valence-electron chi connectivity index (χ4n) is 1.74. The van der Waals surface area contributed by atoms with Crippen molar-refractivity contribution in [1.82, 2.24) is 0 Å². The van der Waals surface area contributed by atoms with Crippen LogP contribution in [0.25, 0.3) is 0 Å². The molecule has 110 valence electrons. The lowest BCUT2D eigenvalue weighted by Gasteiger charge is -2.29. The predicted octanol–water partition coefficient (Wildman–Crippen LogP) is 2.77. The highest BCUT2D eigenvalue weighted by molar-refractivity contribution is 5.66. The first-order chi connectivity index (χ1) is 8.48. The number of hydrogen-bond acceptors (Lipinski definition) is 2. The Kier molecular flexibility index (Phi) is 14.1. The second-order valence-corrected chi connectivity index (χ2v) is 4.93. The van der Waals surface area contributed by atoms with Gasteiger partial charge in [0.2, 0.25) is 0 Å². The normalized spacial score (nSPS) is 10.7. The third-order valence-corrected chi connectivity index (χ3v) is 2.77. The van der Waals surface area contributed by atoms with Crippen molar-refractivity contribution < 1.29 is 19.1 Å². The molecule has 0 fully saturated rings. The van der Waals surface area contributed by atoms with Gasteiger partial charge in [-0.05, 0) is 19.3 Å². The fraction of sp³-hybridized carbons (Fsp3) is 0.929. The Morgan fingerprint density at radius 1 is 1.06 bits per heavy atom. The Morgan fingerprint density at radius 2 is 1.61 bits per heavy atom. The molecule has 1 N–H and O–H groups in total. The number of rotatable bonds is 10. The Morgan fingerprint density at radius 3 is 2.11 bits per heavy atom. The van der Waals surface area contributed by atoms with Gasteiger partial charge in [-0.1, -0.05) is 13.8 Å². The maximum absolute atomic E-state index is 10.3. The number of carboxylic acids is 1. The van der Waals surface area contributed by atoms with E-state index in [0.717, 1.165) is 49.9 Å². The summed E-state index contributed by atoms with van der Waals surface area (Å²) < 4.78 is 6.03. The molecule has 4 nitrogen and oxygen atoms in total. The fourth-order valence-corrected chi connectivity index (χ4v) is 1.74.